The van der Waals surface area contributed by atoms with Gasteiger partial charge in [0.05, 0.1) is 26.2 Å². The molecule has 2 aromatic rings. The molecule has 0 bridgehead atoms. The zero-order valence-electron chi connectivity index (χ0n) is 16.9. The second-order valence-electron chi connectivity index (χ2n) is 7.64. The van der Waals surface area contributed by atoms with E-state index in [1.807, 2.05) is 25.1 Å². The number of hydrogen-bond donors (Lipinski definition) is 3. The SMILES string of the molecule is CC[C@@H](CNC(=O)[C@@H](C)[NH+]1CCN(c2ccc(O)cc2)CC1)c1ccccc1. The molecule has 0 spiro atoms. The van der Waals surface area contributed by atoms with Crippen molar-refractivity contribution in [2.75, 3.05) is 37.6 Å². The molecule has 0 aliphatic carbocycles. The van der Waals surface area contributed by atoms with Crippen LogP contribution >= 0.6 is 0 Å². The van der Waals surface area contributed by atoms with Gasteiger partial charge in [-0.15, -0.1) is 0 Å². The Kier molecular flexibility index (Phi) is 6.93. The lowest BCUT2D eigenvalue weighted by Crippen LogP contribution is -3.19. The van der Waals surface area contributed by atoms with Gasteiger partial charge in [0.25, 0.3) is 5.91 Å². The van der Waals surface area contributed by atoms with E-state index in [1.165, 1.54) is 10.5 Å². The average Bonchev–Trinajstić information content (AvgIpc) is 2.75. The monoisotopic (exact) mass is 382 g/mol. The maximum absolute atomic E-state index is 12.7. The summed E-state index contributed by atoms with van der Waals surface area (Å²) in [5, 5.41) is 12.6. The number of piperazine rings is 1. The first kappa shape index (κ1) is 20.2. The molecule has 1 amide bonds. The van der Waals surface area contributed by atoms with Gasteiger partial charge in [0.2, 0.25) is 0 Å². The molecular weight excluding hydrogens is 350 g/mol. The van der Waals surface area contributed by atoms with Crippen LogP contribution in [0.15, 0.2) is 54.6 Å². The summed E-state index contributed by atoms with van der Waals surface area (Å²) in [5.74, 6) is 0.792. The lowest BCUT2D eigenvalue weighted by Gasteiger charge is -2.36. The molecule has 1 aliphatic heterocycles. The Bertz CT molecular complexity index is 740. The fraction of sp³-hybridized carbons (Fsp3) is 0.435. The molecule has 1 heterocycles. The molecule has 3 rings (SSSR count). The van der Waals surface area contributed by atoms with Crippen LogP contribution in [-0.4, -0.2) is 49.8 Å². The Morgan fingerprint density at radius 2 is 1.75 bits per heavy atom. The molecule has 1 fully saturated rings. The summed E-state index contributed by atoms with van der Waals surface area (Å²) < 4.78 is 0. The number of nitrogens with zero attached hydrogens (tertiary/aromatic N) is 1. The zero-order chi connectivity index (χ0) is 19.9. The third-order valence-corrected chi connectivity index (χ3v) is 5.91. The molecule has 3 N–H and O–H groups in total. The van der Waals surface area contributed by atoms with Crippen molar-refractivity contribution in [2.45, 2.75) is 32.2 Å². The Hall–Kier alpha value is -2.53. The largest absolute Gasteiger partial charge is 0.508 e. The van der Waals surface area contributed by atoms with E-state index < -0.39 is 0 Å². The summed E-state index contributed by atoms with van der Waals surface area (Å²) in [6, 6.07) is 17.7. The van der Waals surface area contributed by atoms with Crippen molar-refractivity contribution in [1.82, 2.24) is 5.32 Å². The van der Waals surface area contributed by atoms with Crippen LogP contribution in [0.5, 0.6) is 5.75 Å². The van der Waals surface area contributed by atoms with Crippen molar-refractivity contribution >= 4 is 11.6 Å². The molecule has 2 aromatic carbocycles. The summed E-state index contributed by atoms with van der Waals surface area (Å²) in [5.41, 5.74) is 2.41. The van der Waals surface area contributed by atoms with Crippen molar-refractivity contribution in [3.63, 3.8) is 0 Å². The molecule has 1 saturated heterocycles. The molecule has 0 radical (unpaired) electrons. The third kappa shape index (κ3) is 5.04. The molecule has 2 atom stereocenters. The van der Waals surface area contributed by atoms with Crippen LogP contribution in [0.3, 0.4) is 0 Å². The number of nitrogens with one attached hydrogen (secondary N) is 2. The molecule has 5 nitrogen and oxygen atoms in total. The number of carbonyl (C=O) groups is 1. The number of phenolic OH excluding ortho intramolecular Hbond substituents is 1. The summed E-state index contributed by atoms with van der Waals surface area (Å²) in [6.07, 6.45) is 1.01. The van der Waals surface area contributed by atoms with Gasteiger partial charge < -0.3 is 20.2 Å². The molecule has 150 valence electrons. The fourth-order valence-corrected chi connectivity index (χ4v) is 3.93. The normalized spacial score (nSPS) is 17.1. The van der Waals surface area contributed by atoms with Crippen molar-refractivity contribution in [2.24, 2.45) is 0 Å². The van der Waals surface area contributed by atoms with Crippen LogP contribution in [0.1, 0.15) is 31.7 Å². The maximum Gasteiger partial charge on any atom is 0.278 e. The van der Waals surface area contributed by atoms with Gasteiger partial charge >= 0.3 is 0 Å². The predicted molar refractivity (Wildman–Crippen MR) is 113 cm³/mol. The summed E-state index contributed by atoms with van der Waals surface area (Å²) >= 11 is 0. The Morgan fingerprint density at radius 3 is 2.36 bits per heavy atom. The number of phenols is 1. The van der Waals surface area contributed by atoms with Gasteiger partial charge in [0.1, 0.15) is 5.75 Å². The van der Waals surface area contributed by atoms with Gasteiger partial charge in [0.15, 0.2) is 6.04 Å². The molecule has 0 saturated carbocycles. The van der Waals surface area contributed by atoms with Crippen molar-refractivity contribution in [1.29, 1.82) is 0 Å². The van der Waals surface area contributed by atoms with E-state index in [2.05, 4.69) is 41.4 Å². The van der Waals surface area contributed by atoms with Crippen molar-refractivity contribution < 1.29 is 14.8 Å². The number of aromatic hydroxyl groups is 1. The quantitative estimate of drug-likeness (QED) is 0.684. The first-order chi connectivity index (χ1) is 13.6. The van der Waals surface area contributed by atoms with E-state index in [0.29, 0.717) is 18.2 Å². The minimum absolute atomic E-state index is 0.0461. The molecular formula is C23H32N3O2+. The van der Waals surface area contributed by atoms with Gasteiger partial charge in [0, 0.05) is 18.2 Å². The molecule has 5 heteroatoms. The highest BCUT2D eigenvalue weighted by Crippen LogP contribution is 2.19. The maximum atomic E-state index is 12.7. The van der Waals surface area contributed by atoms with Crippen LogP contribution < -0.4 is 15.1 Å². The summed E-state index contributed by atoms with van der Waals surface area (Å²) in [6.45, 7) is 8.59. The summed E-state index contributed by atoms with van der Waals surface area (Å²) in [4.78, 5) is 16.4. The average molecular weight is 383 g/mol. The molecule has 28 heavy (non-hydrogen) atoms. The highest BCUT2D eigenvalue weighted by Gasteiger charge is 2.29. The van der Waals surface area contributed by atoms with Crippen LogP contribution in [0.25, 0.3) is 0 Å². The minimum atomic E-state index is -0.0461. The smallest absolute Gasteiger partial charge is 0.278 e. The van der Waals surface area contributed by atoms with Gasteiger partial charge in [-0.3, -0.25) is 4.79 Å². The lowest BCUT2D eigenvalue weighted by atomic mass is 9.96. The Morgan fingerprint density at radius 1 is 1.11 bits per heavy atom. The Balaban J connectivity index is 1.48. The number of amides is 1. The van der Waals surface area contributed by atoms with E-state index in [1.54, 1.807) is 12.1 Å². The second kappa shape index (κ2) is 9.60. The van der Waals surface area contributed by atoms with Gasteiger partial charge in [-0.25, -0.2) is 0 Å². The topological polar surface area (TPSA) is 57.0 Å². The standard InChI is InChI=1S/C23H31N3O2/c1-3-19(20-7-5-4-6-8-20)17-24-23(28)18(2)25-13-15-26(16-14-25)21-9-11-22(27)12-10-21/h4-12,18-19,27H,3,13-17H2,1-2H3,(H,24,28)/p+1/t18-,19+/m1/s1. The van der Waals surface area contributed by atoms with Gasteiger partial charge in [-0.2, -0.15) is 0 Å². The fourth-order valence-electron chi connectivity index (χ4n) is 3.93. The Labute approximate surface area is 168 Å². The first-order valence-corrected chi connectivity index (χ1v) is 10.3. The number of hydrogen-bond acceptors (Lipinski definition) is 3. The van der Waals surface area contributed by atoms with E-state index in [0.717, 1.165) is 38.3 Å². The van der Waals surface area contributed by atoms with Crippen molar-refractivity contribution in [3.05, 3.63) is 60.2 Å². The number of carbonyl (C=O) groups excluding carboxylic acids is 1. The van der Waals surface area contributed by atoms with Gasteiger partial charge in [-0.05, 0) is 43.2 Å². The number of quaternary nitrogens is 1. The molecule has 0 aromatic heterocycles. The minimum Gasteiger partial charge on any atom is -0.508 e. The van der Waals surface area contributed by atoms with Crippen LogP contribution in [-0.2, 0) is 4.79 Å². The van der Waals surface area contributed by atoms with E-state index in [-0.39, 0.29) is 11.9 Å². The van der Waals surface area contributed by atoms with Gasteiger partial charge in [-0.1, -0.05) is 37.3 Å². The number of rotatable bonds is 7. The zero-order valence-corrected chi connectivity index (χ0v) is 16.9. The first-order valence-electron chi connectivity index (χ1n) is 10.3. The second-order valence-corrected chi connectivity index (χ2v) is 7.64. The highest BCUT2D eigenvalue weighted by atomic mass is 16.3. The van der Waals surface area contributed by atoms with Crippen LogP contribution in [0.4, 0.5) is 5.69 Å². The highest BCUT2D eigenvalue weighted by molar-refractivity contribution is 5.80. The van der Waals surface area contributed by atoms with Crippen LogP contribution in [0.2, 0.25) is 0 Å². The number of anilines is 1. The lowest BCUT2D eigenvalue weighted by molar-refractivity contribution is -0.914. The van der Waals surface area contributed by atoms with Crippen molar-refractivity contribution in [3.8, 4) is 5.75 Å². The summed E-state index contributed by atoms with van der Waals surface area (Å²) in [7, 11) is 0. The third-order valence-electron chi connectivity index (χ3n) is 5.91. The van der Waals surface area contributed by atoms with E-state index >= 15 is 0 Å². The molecule has 1 aliphatic rings. The van der Waals surface area contributed by atoms with Crippen LogP contribution in [0, 0.1) is 0 Å². The van der Waals surface area contributed by atoms with E-state index in [9.17, 15) is 9.90 Å². The van der Waals surface area contributed by atoms with E-state index in [4.69, 9.17) is 0 Å². The molecule has 0 unspecified atom stereocenters. The predicted octanol–water partition coefficient (Wildman–Crippen LogP) is 1.80. The number of benzene rings is 2.